The van der Waals surface area contributed by atoms with E-state index in [1.165, 1.54) is 24.5 Å². The molecule has 1 heterocycles. The molecule has 1 N–H and O–H groups in total. The molecule has 29 heavy (non-hydrogen) atoms. The number of halogens is 3. The van der Waals surface area contributed by atoms with E-state index in [1.54, 1.807) is 24.3 Å². The van der Waals surface area contributed by atoms with Gasteiger partial charge in [-0.1, -0.05) is 18.2 Å². The van der Waals surface area contributed by atoms with Crippen LogP contribution in [0.3, 0.4) is 0 Å². The van der Waals surface area contributed by atoms with Crippen LogP contribution in [-0.2, 0) is 22.6 Å². The summed E-state index contributed by atoms with van der Waals surface area (Å²) in [6, 6.07) is 11.3. The highest BCUT2D eigenvalue weighted by Crippen LogP contribution is 2.36. The van der Waals surface area contributed by atoms with E-state index >= 15 is 0 Å². The lowest BCUT2D eigenvalue weighted by atomic mass is 10.1. The molecule has 3 aromatic rings. The topological polar surface area (TPSA) is 76.5 Å². The van der Waals surface area contributed by atoms with Crippen LogP contribution in [0.25, 0.3) is 11.1 Å². The van der Waals surface area contributed by atoms with Gasteiger partial charge in [0.1, 0.15) is 18.1 Å². The van der Waals surface area contributed by atoms with Crippen molar-refractivity contribution in [3.63, 3.8) is 0 Å². The monoisotopic (exact) mass is 423 g/mol. The van der Waals surface area contributed by atoms with Crippen LogP contribution >= 0.6 is 0 Å². The molecule has 3 rings (SSSR count). The van der Waals surface area contributed by atoms with Crippen LogP contribution in [0.1, 0.15) is 11.1 Å². The zero-order valence-corrected chi connectivity index (χ0v) is 16.0. The Hall–Kier alpha value is -3.07. The Morgan fingerprint density at radius 2 is 1.69 bits per heavy atom. The second-order valence-electron chi connectivity index (χ2n) is 6.34. The predicted molar refractivity (Wildman–Crippen MR) is 100 cm³/mol. The van der Waals surface area contributed by atoms with Crippen molar-refractivity contribution in [2.75, 3.05) is 6.26 Å². The molecule has 0 spiro atoms. The van der Waals surface area contributed by atoms with Gasteiger partial charge in [0.25, 0.3) is 0 Å². The third-order valence-electron chi connectivity index (χ3n) is 4.10. The van der Waals surface area contributed by atoms with Gasteiger partial charge in [-0.15, -0.1) is 0 Å². The van der Waals surface area contributed by atoms with Gasteiger partial charge < -0.3 is 9.84 Å². The molecule has 0 fully saturated rings. The molecule has 0 saturated heterocycles. The molecule has 0 aliphatic carbocycles. The van der Waals surface area contributed by atoms with Crippen LogP contribution in [-0.4, -0.2) is 24.8 Å². The van der Waals surface area contributed by atoms with Gasteiger partial charge in [0.15, 0.2) is 9.84 Å². The number of rotatable bonds is 5. The zero-order valence-electron chi connectivity index (χ0n) is 15.1. The highest BCUT2D eigenvalue weighted by molar-refractivity contribution is 7.90. The number of ether oxygens (including phenoxy) is 1. The van der Waals surface area contributed by atoms with E-state index in [2.05, 4.69) is 4.98 Å². The largest absolute Gasteiger partial charge is 0.507 e. The maximum atomic E-state index is 12.7. The smallest absolute Gasteiger partial charge is 0.419 e. The number of nitrogens with zero attached hydrogens (tertiary/aromatic N) is 1. The maximum absolute atomic E-state index is 12.7. The van der Waals surface area contributed by atoms with E-state index in [9.17, 15) is 26.7 Å². The van der Waals surface area contributed by atoms with Crippen molar-refractivity contribution in [1.29, 1.82) is 0 Å². The van der Waals surface area contributed by atoms with Gasteiger partial charge in [-0.25, -0.2) is 8.42 Å². The molecule has 1 aromatic heterocycles. The van der Waals surface area contributed by atoms with Crippen LogP contribution < -0.4 is 4.74 Å². The molecular formula is C20H16F3NO4S. The first-order valence-corrected chi connectivity index (χ1v) is 10.2. The van der Waals surface area contributed by atoms with E-state index < -0.39 is 27.3 Å². The number of phenolic OH excluding ortho intramolecular Hbond substituents is 1. The summed E-state index contributed by atoms with van der Waals surface area (Å²) in [5.41, 5.74) is 0.620. The minimum Gasteiger partial charge on any atom is -0.507 e. The van der Waals surface area contributed by atoms with Crippen LogP contribution in [0, 0.1) is 0 Å². The number of hydrogen-bond acceptors (Lipinski definition) is 5. The van der Waals surface area contributed by atoms with Gasteiger partial charge in [0, 0.05) is 24.2 Å². The van der Waals surface area contributed by atoms with Crippen molar-refractivity contribution in [1.82, 2.24) is 4.98 Å². The Morgan fingerprint density at radius 3 is 2.28 bits per heavy atom. The van der Waals surface area contributed by atoms with Crippen LogP contribution in [0.2, 0.25) is 0 Å². The first-order valence-electron chi connectivity index (χ1n) is 8.31. The minimum atomic E-state index is -4.62. The fraction of sp³-hybridized carbons (Fsp3) is 0.150. The summed E-state index contributed by atoms with van der Waals surface area (Å²) in [5, 5.41) is 9.54. The summed E-state index contributed by atoms with van der Waals surface area (Å²) in [6.45, 7) is -0.0316. The van der Waals surface area contributed by atoms with Crippen LogP contribution in [0.15, 0.2) is 65.8 Å². The van der Waals surface area contributed by atoms with Crippen molar-refractivity contribution >= 4 is 9.84 Å². The molecule has 0 atom stereocenters. The number of hydrogen-bond donors (Lipinski definition) is 1. The van der Waals surface area contributed by atoms with Gasteiger partial charge in [-0.3, -0.25) is 4.98 Å². The molecule has 0 radical (unpaired) electrons. The number of aromatic nitrogens is 1. The summed E-state index contributed by atoms with van der Waals surface area (Å²) in [5.74, 6) is -0.396. The van der Waals surface area contributed by atoms with Gasteiger partial charge in [-0.05, 0) is 41.5 Å². The van der Waals surface area contributed by atoms with E-state index in [0.717, 1.165) is 24.0 Å². The molecule has 0 amide bonds. The van der Waals surface area contributed by atoms with Crippen molar-refractivity contribution in [3.05, 3.63) is 72.1 Å². The van der Waals surface area contributed by atoms with Crippen LogP contribution in [0.5, 0.6) is 11.5 Å². The Bertz CT molecular complexity index is 1130. The lowest BCUT2D eigenvalue weighted by molar-refractivity contribution is -0.138. The standard InChI is InChI=1S/C20H16F3NO4S/c1-29(26,27)17-9-15(10-24-11-17)14-3-5-16(6-4-14)28-12-13-2-7-18(19(25)8-13)20(21,22)23/h2-11,25H,12H2,1H3. The van der Waals surface area contributed by atoms with E-state index in [4.69, 9.17) is 4.74 Å². The zero-order chi connectivity index (χ0) is 21.2. The molecule has 0 saturated carbocycles. The van der Waals surface area contributed by atoms with Crippen molar-refractivity contribution < 1.29 is 31.4 Å². The molecule has 9 heteroatoms. The summed E-state index contributed by atoms with van der Waals surface area (Å²) >= 11 is 0. The summed E-state index contributed by atoms with van der Waals surface area (Å²) in [7, 11) is -3.37. The van der Waals surface area contributed by atoms with Crippen molar-refractivity contribution in [2.24, 2.45) is 0 Å². The Kier molecular flexibility index (Phi) is 5.52. The van der Waals surface area contributed by atoms with E-state index in [1.807, 2.05) is 0 Å². The summed E-state index contributed by atoms with van der Waals surface area (Å²) in [6.07, 6.45) is -0.711. The molecule has 0 bridgehead atoms. The molecule has 0 aliphatic rings. The molecule has 152 valence electrons. The average molecular weight is 423 g/mol. The lowest BCUT2D eigenvalue weighted by Crippen LogP contribution is -2.06. The fourth-order valence-electron chi connectivity index (χ4n) is 2.60. The normalized spacial score (nSPS) is 12.0. The molecule has 2 aromatic carbocycles. The summed E-state index contributed by atoms with van der Waals surface area (Å²) in [4.78, 5) is 4.05. The number of aromatic hydroxyl groups is 1. The highest BCUT2D eigenvalue weighted by Gasteiger charge is 2.33. The second kappa shape index (κ2) is 7.75. The predicted octanol–water partition coefficient (Wildman–Crippen LogP) is 4.46. The van der Waals surface area contributed by atoms with E-state index in [0.29, 0.717) is 16.9 Å². The maximum Gasteiger partial charge on any atom is 0.419 e. The quantitative estimate of drug-likeness (QED) is 0.656. The first kappa shape index (κ1) is 20.7. The second-order valence-corrected chi connectivity index (χ2v) is 8.36. The molecule has 0 aliphatic heterocycles. The number of sulfone groups is 1. The molecule has 0 unspecified atom stereocenters. The number of pyridine rings is 1. The third kappa shape index (κ3) is 5.05. The van der Waals surface area contributed by atoms with Gasteiger partial charge in [0.05, 0.1) is 10.5 Å². The third-order valence-corrected chi connectivity index (χ3v) is 5.18. The molecule has 5 nitrogen and oxygen atoms in total. The Morgan fingerprint density at radius 1 is 1.00 bits per heavy atom. The van der Waals surface area contributed by atoms with Gasteiger partial charge >= 0.3 is 6.18 Å². The lowest BCUT2D eigenvalue weighted by Gasteiger charge is -2.11. The fourth-order valence-corrected chi connectivity index (χ4v) is 3.19. The van der Waals surface area contributed by atoms with Gasteiger partial charge in [-0.2, -0.15) is 13.2 Å². The Labute approximate surface area is 165 Å². The Balaban J connectivity index is 1.71. The minimum absolute atomic E-state index is 0.0316. The highest BCUT2D eigenvalue weighted by atomic mass is 32.2. The van der Waals surface area contributed by atoms with Gasteiger partial charge in [0.2, 0.25) is 0 Å². The SMILES string of the molecule is CS(=O)(=O)c1cncc(-c2ccc(OCc3ccc(C(F)(F)F)c(O)c3)cc2)c1. The number of alkyl halides is 3. The van der Waals surface area contributed by atoms with Crippen molar-refractivity contribution in [2.45, 2.75) is 17.7 Å². The number of benzene rings is 2. The van der Waals surface area contributed by atoms with E-state index in [-0.39, 0.29) is 11.5 Å². The molecular weight excluding hydrogens is 407 g/mol. The van der Waals surface area contributed by atoms with Crippen LogP contribution in [0.4, 0.5) is 13.2 Å². The summed E-state index contributed by atoms with van der Waals surface area (Å²) < 4.78 is 66.8. The average Bonchev–Trinajstić information content (AvgIpc) is 2.65. The number of phenols is 1. The first-order chi connectivity index (χ1) is 13.5. The van der Waals surface area contributed by atoms with Crippen molar-refractivity contribution in [3.8, 4) is 22.6 Å².